The van der Waals surface area contributed by atoms with Gasteiger partial charge in [0.15, 0.2) is 5.78 Å². The van der Waals surface area contributed by atoms with Crippen LogP contribution < -0.4 is 15.4 Å². The topological polar surface area (TPSA) is 106 Å². The van der Waals surface area contributed by atoms with E-state index in [-0.39, 0.29) is 42.7 Å². The van der Waals surface area contributed by atoms with Gasteiger partial charge in [0.1, 0.15) is 17.1 Å². The fourth-order valence-electron chi connectivity index (χ4n) is 5.12. The molecule has 0 radical (unpaired) electrons. The van der Waals surface area contributed by atoms with E-state index in [4.69, 9.17) is 14.2 Å². The molecule has 2 saturated heterocycles. The van der Waals surface area contributed by atoms with E-state index in [0.29, 0.717) is 38.5 Å². The third kappa shape index (κ3) is 9.05. The summed E-state index contributed by atoms with van der Waals surface area (Å²) in [7, 11) is 1.57. The van der Waals surface area contributed by atoms with Crippen molar-refractivity contribution in [3.63, 3.8) is 0 Å². The largest absolute Gasteiger partial charge is 0.497 e. The maximum absolute atomic E-state index is 14.8. The van der Waals surface area contributed by atoms with E-state index in [1.165, 1.54) is 6.08 Å². The molecule has 2 aromatic rings. The van der Waals surface area contributed by atoms with Crippen molar-refractivity contribution in [2.45, 2.75) is 63.6 Å². The number of amides is 1. The van der Waals surface area contributed by atoms with Crippen LogP contribution in [0, 0.1) is 11.8 Å². The smallest absolute Gasteiger partial charge is 0.224 e. The second kappa shape index (κ2) is 14.7. The first-order chi connectivity index (χ1) is 20.2. The Kier molecular flexibility index (Phi) is 11.0. The molecule has 2 aromatic carbocycles. The molecule has 0 spiro atoms. The van der Waals surface area contributed by atoms with Crippen molar-refractivity contribution in [3.05, 3.63) is 77.6 Å². The summed E-state index contributed by atoms with van der Waals surface area (Å²) >= 11 is 0. The van der Waals surface area contributed by atoms with Crippen LogP contribution in [-0.4, -0.2) is 62.2 Å². The lowest BCUT2D eigenvalue weighted by atomic mass is 9.88. The first-order valence-corrected chi connectivity index (χ1v) is 14.5. The van der Waals surface area contributed by atoms with Crippen LogP contribution in [0.3, 0.4) is 0 Å². The van der Waals surface area contributed by atoms with E-state index in [1.807, 2.05) is 42.5 Å². The number of ketones is 2. The van der Waals surface area contributed by atoms with Crippen molar-refractivity contribution in [1.82, 2.24) is 10.6 Å². The molecule has 0 aromatic heterocycles. The molecule has 226 valence electrons. The van der Waals surface area contributed by atoms with E-state index in [1.54, 1.807) is 33.1 Å². The molecule has 2 N–H and O–H groups in total. The van der Waals surface area contributed by atoms with Crippen molar-refractivity contribution in [2.75, 3.05) is 27.1 Å². The van der Waals surface area contributed by atoms with Gasteiger partial charge in [-0.05, 0) is 55.5 Å². The highest BCUT2D eigenvalue weighted by molar-refractivity contribution is 5.97. The van der Waals surface area contributed by atoms with E-state index >= 15 is 0 Å². The van der Waals surface area contributed by atoms with Crippen molar-refractivity contribution >= 4 is 17.5 Å². The number of Topliss-reactive ketones (excluding diaryl/α,β-unsaturated/α-hetero) is 2. The summed E-state index contributed by atoms with van der Waals surface area (Å²) in [5.41, 5.74) is 0.813. The zero-order chi connectivity index (χ0) is 30.1. The van der Waals surface area contributed by atoms with E-state index < -0.39 is 29.4 Å². The van der Waals surface area contributed by atoms with E-state index in [0.717, 1.165) is 11.1 Å². The molecule has 2 fully saturated rings. The standard InChI is InChI=1S/C33H41FN2O6/c1-22(15-26(34)19-27-13-14-41-21-35-27)30(37)18-25(16-24-9-11-28(40-3)12-10-24)32(39)36-29(31(38)33(2)20-42-33)17-23-7-5-4-6-8-23/h4-12,15,22,25,27,29,35H,13-14,16-21H2,1-3H3,(H,36,39)/b26-15-. The Hall–Kier alpha value is -3.40. The minimum absolute atomic E-state index is 0.0395. The van der Waals surface area contributed by atoms with Gasteiger partial charge in [-0.15, -0.1) is 0 Å². The average Bonchev–Trinajstić information content (AvgIpc) is 3.75. The Morgan fingerprint density at radius 1 is 1.12 bits per heavy atom. The summed E-state index contributed by atoms with van der Waals surface area (Å²) in [5, 5.41) is 6.05. The number of nitrogens with one attached hydrogen (secondary N) is 2. The molecule has 0 saturated carbocycles. The molecule has 8 nitrogen and oxygen atoms in total. The van der Waals surface area contributed by atoms with Crippen LogP contribution in [0.1, 0.15) is 44.2 Å². The van der Waals surface area contributed by atoms with Gasteiger partial charge in [0.05, 0.1) is 32.3 Å². The molecular formula is C33H41FN2O6. The fourth-order valence-corrected chi connectivity index (χ4v) is 5.12. The van der Waals surface area contributed by atoms with Crippen LogP contribution >= 0.6 is 0 Å². The molecule has 42 heavy (non-hydrogen) atoms. The number of carbonyl (C=O) groups excluding carboxylic acids is 3. The van der Waals surface area contributed by atoms with Gasteiger partial charge in [0, 0.05) is 37.3 Å². The molecule has 9 heteroatoms. The number of ether oxygens (including phenoxy) is 3. The van der Waals surface area contributed by atoms with Crippen molar-refractivity contribution in [3.8, 4) is 5.75 Å². The van der Waals surface area contributed by atoms with Gasteiger partial charge >= 0.3 is 0 Å². The van der Waals surface area contributed by atoms with Crippen LogP contribution in [0.5, 0.6) is 5.75 Å². The Bertz CT molecular complexity index is 1240. The highest BCUT2D eigenvalue weighted by Crippen LogP contribution is 2.29. The lowest BCUT2D eigenvalue weighted by Gasteiger charge is -2.24. The molecular weight excluding hydrogens is 539 g/mol. The Morgan fingerprint density at radius 3 is 2.43 bits per heavy atom. The minimum Gasteiger partial charge on any atom is -0.497 e. The van der Waals surface area contributed by atoms with Crippen molar-refractivity contribution in [1.29, 1.82) is 0 Å². The maximum atomic E-state index is 14.8. The number of benzene rings is 2. The molecule has 5 atom stereocenters. The predicted molar refractivity (Wildman–Crippen MR) is 157 cm³/mol. The summed E-state index contributed by atoms with van der Waals surface area (Å²) in [5.74, 6) is -2.01. The van der Waals surface area contributed by atoms with Gasteiger partial charge in [-0.25, -0.2) is 4.39 Å². The molecule has 1 amide bonds. The first-order valence-electron chi connectivity index (χ1n) is 14.5. The zero-order valence-electron chi connectivity index (χ0n) is 24.6. The molecule has 5 unspecified atom stereocenters. The summed E-state index contributed by atoms with van der Waals surface area (Å²) in [6.45, 7) is 4.62. The Labute approximate surface area is 247 Å². The number of allylic oxidation sites excluding steroid dienone is 1. The fraction of sp³-hybridized carbons (Fsp3) is 0.485. The third-order valence-corrected chi connectivity index (χ3v) is 7.94. The summed E-state index contributed by atoms with van der Waals surface area (Å²) in [6.07, 6.45) is 2.69. The van der Waals surface area contributed by atoms with Crippen LogP contribution in [0.25, 0.3) is 0 Å². The minimum atomic E-state index is -0.926. The predicted octanol–water partition coefficient (Wildman–Crippen LogP) is 4.11. The average molecular weight is 581 g/mol. The van der Waals surface area contributed by atoms with Gasteiger partial charge < -0.3 is 19.5 Å². The zero-order valence-corrected chi connectivity index (χ0v) is 24.6. The number of methoxy groups -OCH3 is 1. The van der Waals surface area contributed by atoms with Gasteiger partial charge in [0.2, 0.25) is 5.91 Å². The van der Waals surface area contributed by atoms with Gasteiger partial charge in [-0.2, -0.15) is 0 Å². The number of rotatable bonds is 15. The normalized spacial score (nSPS) is 22.5. The molecule has 2 aliphatic rings. The number of halogens is 1. The second-order valence-corrected chi connectivity index (χ2v) is 11.4. The second-order valence-electron chi connectivity index (χ2n) is 11.4. The van der Waals surface area contributed by atoms with Crippen molar-refractivity contribution in [2.24, 2.45) is 11.8 Å². The van der Waals surface area contributed by atoms with Crippen LogP contribution in [0.15, 0.2) is 66.5 Å². The summed E-state index contributed by atoms with van der Waals surface area (Å²) in [4.78, 5) is 40.4. The number of carbonyl (C=O) groups is 3. The maximum Gasteiger partial charge on any atom is 0.224 e. The highest BCUT2D eigenvalue weighted by atomic mass is 19.1. The van der Waals surface area contributed by atoms with Crippen LogP contribution in [0.2, 0.25) is 0 Å². The van der Waals surface area contributed by atoms with Gasteiger partial charge in [-0.1, -0.05) is 49.4 Å². The molecule has 2 heterocycles. The Morgan fingerprint density at radius 2 is 1.81 bits per heavy atom. The number of epoxide rings is 1. The third-order valence-electron chi connectivity index (χ3n) is 7.94. The lowest BCUT2D eigenvalue weighted by molar-refractivity contribution is -0.134. The summed E-state index contributed by atoms with van der Waals surface area (Å²) in [6, 6.07) is 15.9. The van der Waals surface area contributed by atoms with E-state index in [9.17, 15) is 18.8 Å². The molecule has 4 rings (SSSR count). The monoisotopic (exact) mass is 580 g/mol. The van der Waals surface area contributed by atoms with Gasteiger partial charge in [0.25, 0.3) is 0 Å². The number of hydrogen-bond acceptors (Lipinski definition) is 7. The van der Waals surface area contributed by atoms with Gasteiger partial charge in [-0.3, -0.25) is 19.7 Å². The van der Waals surface area contributed by atoms with Crippen LogP contribution in [0.4, 0.5) is 4.39 Å². The summed E-state index contributed by atoms with van der Waals surface area (Å²) < 4.78 is 30.7. The quantitative estimate of drug-likeness (QED) is 0.306. The van der Waals surface area contributed by atoms with Crippen molar-refractivity contribution < 1.29 is 33.0 Å². The molecule has 0 aliphatic carbocycles. The molecule has 2 aliphatic heterocycles. The SMILES string of the molecule is COc1ccc(CC(CC(=O)C(C)/C=C(\F)CC2CCOCN2)C(=O)NC(Cc2ccccc2)C(=O)C2(C)CO2)cc1. The van der Waals surface area contributed by atoms with E-state index in [2.05, 4.69) is 10.6 Å². The number of hydrogen-bond donors (Lipinski definition) is 2. The van der Waals surface area contributed by atoms with Crippen LogP contribution in [-0.2, 0) is 36.7 Å². The Balaban J connectivity index is 1.49. The highest BCUT2D eigenvalue weighted by Gasteiger charge is 2.50. The lowest BCUT2D eigenvalue weighted by Crippen LogP contribution is -2.49. The first kappa shape index (κ1) is 31.5. The molecule has 0 bridgehead atoms.